The molecule has 2 saturated carbocycles. The summed E-state index contributed by atoms with van der Waals surface area (Å²) in [6.45, 7) is 8.89. The molecule has 1 unspecified atom stereocenters. The summed E-state index contributed by atoms with van der Waals surface area (Å²) >= 11 is 0. The van der Waals surface area contributed by atoms with Crippen molar-refractivity contribution in [2.24, 2.45) is 11.3 Å². The topological polar surface area (TPSA) is 15.3 Å². The first kappa shape index (κ1) is 13.9. The third-order valence-electron chi connectivity index (χ3n) is 5.62. The number of nitrogens with zero attached hydrogens (tertiary/aromatic N) is 1. The summed E-state index contributed by atoms with van der Waals surface area (Å²) in [7, 11) is 0. The van der Waals surface area contributed by atoms with E-state index in [1.807, 2.05) is 0 Å². The maximum Gasteiger partial charge on any atom is 0.0100 e. The lowest BCUT2D eigenvalue weighted by Crippen LogP contribution is -2.49. The Hall–Kier alpha value is -0.0800. The average Bonchev–Trinajstić information content (AvgIpc) is 3.20. The molecule has 0 aromatic carbocycles. The van der Waals surface area contributed by atoms with Gasteiger partial charge in [-0.1, -0.05) is 20.3 Å². The summed E-state index contributed by atoms with van der Waals surface area (Å²) in [6, 6.07) is 1.70. The second kappa shape index (κ2) is 5.73. The average molecular weight is 264 g/mol. The summed E-state index contributed by atoms with van der Waals surface area (Å²) in [5.74, 6) is 1.03. The fraction of sp³-hybridized carbons (Fsp3) is 1.00. The molecule has 0 aromatic rings. The Morgan fingerprint density at radius 3 is 2.42 bits per heavy atom. The smallest absolute Gasteiger partial charge is 0.0100 e. The van der Waals surface area contributed by atoms with Gasteiger partial charge in [0.2, 0.25) is 0 Å². The SMILES string of the molecule is CC1(C)CCCC(N2CCC(NCC3CC3)CC2)C1. The van der Waals surface area contributed by atoms with Crippen LogP contribution < -0.4 is 5.32 Å². The van der Waals surface area contributed by atoms with Crippen molar-refractivity contribution in [1.82, 2.24) is 10.2 Å². The van der Waals surface area contributed by atoms with Crippen LogP contribution in [-0.2, 0) is 0 Å². The molecule has 1 atom stereocenters. The molecule has 3 fully saturated rings. The van der Waals surface area contributed by atoms with Crippen molar-refractivity contribution >= 4 is 0 Å². The Morgan fingerprint density at radius 1 is 1.05 bits per heavy atom. The lowest BCUT2D eigenvalue weighted by atomic mass is 9.74. The van der Waals surface area contributed by atoms with E-state index in [1.54, 1.807) is 0 Å². The Balaban J connectivity index is 1.41. The van der Waals surface area contributed by atoms with Crippen molar-refractivity contribution in [3.63, 3.8) is 0 Å². The number of hydrogen-bond acceptors (Lipinski definition) is 2. The first-order valence-electron chi connectivity index (χ1n) is 8.60. The van der Waals surface area contributed by atoms with Gasteiger partial charge in [-0.05, 0) is 75.9 Å². The predicted octanol–water partition coefficient (Wildman–Crippen LogP) is 3.42. The van der Waals surface area contributed by atoms with Gasteiger partial charge in [0.25, 0.3) is 0 Å². The van der Waals surface area contributed by atoms with Gasteiger partial charge in [-0.25, -0.2) is 0 Å². The van der Waals surface area contributed by atoms with E-state index in [-0.39, 0.29) is 0 Å². The van der Waals surface area contributed by atoms with E-state index in [2.05, 4.69) is 24.1 Å². The fourth-order valence-corrected chi connectivity index (χ4v) is 4.09. The monoisotopic (exact) mass is 264 g/mol. The molecule has 0 amide bonds. The van der Waals surface area contributed by atoms with Gasteiger partial charge in [0.15, 0.2) is 0 Å². The van der Waals surface area contributed by atoms with Gasteiger partial charge in [-0.15, -0.1) is 0 Å². The van der Waals surface area contributed by atoms with Crippen molar-refractivity contribution in [3.8, 4) is 0 Å². The summed E-state index contributed by atoms with van der Waals surface area (Å²) in [5, 5.41) is 3.80. The predicted molar refractivity (Wildman–Crippen MR) is 81.4 cm³/mol. The lowest BCUT2D eigenvalue weighted by Gasteiger charge is -2.44. The summed E-state index contributed by atoms with van der Waals surface area (Å²) < 4.78 is 0. The van der Waals surface area contributed by atoms with Crippen LogP contribution in [0, 0.1) is 11.3 Å². The second-order valence-corrected chi connectivity index (χ2v) is 8.08. The minimum absolute atomic E-state index is 0.587. The highest BCUT2D eigenvalue weighted by atomic mass is 15.2. The first-order chi connectivity index (χ1) is 9.12. The normalized spacial score (nSPS) is 33.5. The maximum atomic E-state index is 3.80. The van der Waals surface area contributed by atoms with Gasteiger partial charge >= 0.3 is 0 Å². The van der Waals surface area contributed by atoms with E-state index in [1.165, 1.54) is 71.0 Å². The van der Waals surface area contributed by atoms with E-state index in [4.69, 9.17) is 0 Å². The van der Waals surface area contributed by atoms with E-state index in [9.17, 15) is 0 Å². The van der Waals surface area contributed by atoms with Crippen LogP contribution in [0.5, 0.6) is 0 Å². The molecular formula is C17H32N2. The van der Waals surface area contributed by atoms with Crippen LogP contribution in [-0.4, -0.2) is 36.6 Å². The van der Waals surface area contributed by atoms with Crippen molar-refractivity contribution < 1.29 is 0 Å². The fourth-order valence-electron chi connectivity index (χ4n) is 4.09. The van der Waals surface area contributed by atoms with E-state index in [0.29, 0.717) is 5.41 Å². The molecule has 110 valence electrons. The van der Waals surface area contributed by atoms with Gasteiger partial charge in [0.05, 0.1) is 0 Å². The van der Waals surface area contributed by atoms with Gasteiger partial charge in [-0.2, -0.15) is 0 Å². The molecule has 1 N–H and O–H groups in total. The number of nitrogens with one attached hydrogen (secondary N) is 1. The van der Waals surface area contributed by atoms with Crippen molar-refractivity contribution in [3.05, 3.63) is 0 Å². The highest BCUT2D eigenvalue weighted by Crippen LogP contribution is 2.38. The zero-order chi connectivity index (χ0) is 13.3. The Kier molecular flexibility index (Phi) is 4.19. The van der Waals surface area contributed by atoms with Crippen molar-refractivity contribution in [2.75, 3.05) is 19.6 Å². The van der Waals surface area contributed by atoms with Crippen LogP contribution >= 0.6 is 0 Å². The summed E-state index contributed by atoms with van der Waals surface area (Å²) in [4.78, 5) is 2.80. The third kappa shape index (κ3) is 3.95. The van der Waals surface area contributed by atoms with E-state index < -0.39 is 0 Å². The van der Waals surface area contributed by atoms with Gasteiger partial charge in [-0.3, -0.25) is 0 Å². The Morgan fingerprint density at radius 2 is 1.79 bits per heavy atom. The minimum Gasteiger partial charge on any atom is -0.314 e. The molecule has 1 saturated heterocycles. The molecule has 2 nitrogen and oxygen atoms in total. The van der Waals surface area contributed by atoms with Crippen LogP contribution in [0.3, 0.4) is 0 Å². The zero-order valence-corrected chi connectivity index (χ0v) is 13.0. The molecule has 3 rings (SSSR count). The molecule has 2 heteroatoms. The van der Waals surface area contributed by atoms with Crippen LogP contribution in [0.25, 0.3) is 0 Å². The summed E-state index contributed by atoms with van der Waals surface area (Å²) in [6.07, 6.45) is 11.5. The maximum absolute atomic E-state index is 3.80. The first-order valence-corrected chi connectivity index (χ1v) is 8.60. The molecule has 3 aliphatic rings. The molecule has 0 bridgehead atoms. The molecule has 0 aromatic heterocycles. The van der Waals surface area contributed by atoms with E-state index >= 15 is 0 Å². The molecule has 1 heterocycles. The molecule has 0 radical (unpaired) electrons. The molecule has 0 spiro atoms. The summed E-state index contributed by atoms with van der Waals surface area (Å²) in [5.41, 5.74) is 0.587. The van der Waals surface area contributed by atoms with Crippen molar-refractivity contribution in [1.29, 1.82) is 0 Å². The highest BCUT2D eigenvalue weighted by Gasteiger charge is 2.33. The van der Waals surface area contributed by atoms with Crippen LogP contribution in [0.1, 0.15) is 65.2 Å². The number of likely N-dealkylation sites (tertiary alicyclic amines) is 1. The third-order valence-corrected chi connectivity index (χ3v) is 5.62. The number of hydrogen-bond donors (Lipinski definition) is 1. The van der Waals surface area contributed by atoms with E-state index in [0.717, 1.165) is 18.0 Å². The van der Waals surface area contributed by atoms with Gasteiger partial charge in [0.1, 0.15) is 0 Å². The van der Waals surface area contributed by atoms with Crippen LogP contribution in [0.2, 0.25) is 0 Å². The highest BCUT2D eigenvalue weighted by molar-refractivity contribution is 4.89. The molecular weight excluding hydrogens is 232 g/mol. The van der Waals surface area contributed by atoms with Gasteiger partial charge in [0, 0.05) is 12.1 Å². The quantitative estimate of drug-likeness (QED) is 0.837. The van der Waals surface area contributed by atoms with Crippen LogP contribution in [0.15, 0.2) is 0 Å². The minimum atomic E-state index is 0.587. The number of piperidine rings is 1. The standard InChI is InChI=1S/C17H32N2/c1-17(2)9-3-4-16(12-17)19-10-7-15(8-11-19)18-13-14-5-6-14/h14-16,18H,3-13H2,1-2H3. The second-order valence-electron chi connectivity index (χ2n) is 8.08. The Bertz CT molecular complexity index is 288. The van der Waals surface area contributed by atoms with Crippen molar-refractivity contribution in [2.45, 2.75) is 77.3 Å². The lowest BCUT2D eigenvalue weighted by molar-refractivity contribution is 0.0710. The molecule has 1 aliphatic heterocycles. The molecule has 19 heavy (non-hydrogen) atoms. The molecule has 2 aliphatic carbocycles. The van der Waals surface area contributed by atoms with Gasteiger partial charge < -0.3 is 10.2 Å². The van der Waals surface area contributed by atoms with Crippen LogP contribution in [0.4, 0.5) is 0 Å². The Labute approximate surface area is 119 Å². The largest absolute Gasteiger partial charge is 0.314 e. The zero-order valence-electron chi connectivity index (χ0n) is 13.0. The number of rotatable bonds is 4.